The molecule has 1 N–H and O–H groups in total. The molecule has 254 valence electrons. The minimum Gasteiger partial charge on any atom is -0.493 e. The summed E-state index contributed by atoms with van der Waals surface area (Å²) in [6.07, 6.45) is 0.137. The molecule has 4 aromatic carbocycles. The van der Waals surface area contributed by atoms with E-state index in [0.717, 1.165) is 22.0 Å². The maximum atomic E-state index is 14.6. The highest BCUT2D eigenvalue weighted by atomic mass is 35.5. The Morgan fingerprint density at radius 2 is 1.50 bits per heavy atom. The molecule has 0 heterocycles. The number of amides is 2. The first-order chi connectivity index (χ1) is 22.7. The van der Waals surface area contributed by atoms with Gasteiger partial charge in [0.05, 0.1) is 24.8 Å². The van der Waals surface area contributed by atoms with Crippen LogP contribution < -0.4 is 19.1 Å². The number of nitrogens with one attached hydrogen (secondary N) is 1. The first kappa shape index (κ1) is 36.2. The number of hydrogen-bond donors (Lipinski definition) is 1. The number of rotatable bonds is 13. The second kappa shape index (κ2) is 15.5. The van der Waals surface area contributed by atoms with Gasteiger partial charge in [-0.1, -0.05) is 60.1 Å². The van der Waals surface area contributed by atoms with Gasteiger partial charge in [0.1, 0.15) is 18.4 Å². The molecule has 4 rings (SSSR count). The van der Waals surface area contributed by atoms with E-state index in [1.54, 1.807) is 24.3 Å². The maximum Gasteiger partial charge on any atom is 0.264 e. The third-order valence-corrected chi connectivity index (χ3v) is 9.54. The second-order valence-corrected chi connectivity index (χ2v) is 14.3. The summed E-state index contributed by atoms with van der Waals surface area (Å²) in [5.41, 5.74) is 0.750. The highest BCUT2D eigenvalue weighted by Crippen LogP contribution is 2.33. The van der Waals surface area contributed by atoms with E-state index >= 15 is 0 Å². The van der Waals surface area contributed by atoms with Gasteiger partial charge in [-0.3, -0.25) is 13.9 Å². The predicted octanol–water partition coefficient (Wildman–Crippen LogP) is 6.25. The Bertz CT molecular complexity index is 1830. The monoisotopic (exact) mass is 695 g/mol. The number of methoxy groups -OCH3 is 2. The van der Waals surface area contributed by atoms with Crippen LogP contribution in [0.2, 0.25) is 5.02 Å². The normalized spacial score (nSPS) is 12.1. The Morgan fingerprint density at radius 3 is 2.10 bits per heavy atom. The van der Waals surface area contributed by atoms with Gasteiger partial charge in [-0.25, -0.2) is 12.8 Å². The largest absolute Gasteiger partial charge is 0.493 e. The Balaban J connectivity index is 1.85. The predicted molar refractivity (Wildman–Crippen MR) is 184 cm³/mol. The topological polar surface area (TPSA) is 105 Å². The average Bonchev–Trinajstić information content (AvgIpc) is 3.05. The molecule has 12 heteroatoms. The zero-order chi connectivity index (χ0) is 35.1. The lowest BCUT2D eigenvalue weighted by atomic mass is 10.0. The van der Waals surface area contributed by atoms with Crippen molar-refractivity contribution < 1.29 is 31.9 Å². The summed E-state index contributed by atoms with van der Waals surface area (Å²) < 4.78 is 54.1. The summed E-state index contributed by atoms with van der Waals surface area (Å²) >= 11 is 6.54. The number of hydrogen-bond acceptors (Lipinski definition) is 6. The van der Waals surface area contributed by atoms with Gasteiger partial charge in [-0.05, 0) is 74.4 Å². The first-order valence-corrected chi connectivity index (χ1v) is 16.9. The van der Waals surface area contributed by atoms with Crippen LogP contribution in [-0.4, -0.2) is 57.5 Å². The van der Waals surface area contributed by atoms with Crippen molar-refractivity contribution in [3.05, 3.63) is 119 Å². The van der Waals surface area contributed by atoms with Crippen LogP contribution in [0.15, 0.2) is 102 Å². The Labute approximate surface area is 286 Å². The molecule has 0 saturated heterocycles. The van der Waals surface area contributed by atoms with Gasteiger partial charge in [0.25, 0.3) is 10.0 Å². The van der Waals surface area contributed by atoms with Crippen molar-refractivity contribution in [1.29, 1.82) is 0 Å². The minimum absolute atomic E-state index is 0.0379. The van der Waals surface area contributed by atoms with Crippen LogP contribution in [0.1, 0.15) is 31.9 Å². The van der Waals surface area contributed by atoms with Crippen LogP contribution in [0.3, 0.4) is 0 Å². The van der Waals surface area contributed by atoms with Crippen molar-refractivity contribution in [2.24, 2.45) is 0 Å². The Morgan fingerprint density at radius 1 is 0.875 bits per heavy atom. The van der Waals surface area contributed by atoms with Gasteiger partial charge in [0, 0.05) is 29.6 Å². The van der Waals surface area contributed by atoms with Crippen molar-refractivity contribution in [1.82, 2.24) is 10.2 Å². The standard InChI is InChI=1S/C36H39ClFN3O6S/c1-36(2,3)39-35(43)31(21-25-11-7-6-8-12-25)40(23-26-13-9-10-14-30(26)37)34(42)24-41(28-17-15-27(38)16-18-28)48(44,45)29-19-20-32(46-4)33(22-29)47-5/h6-20,22,31H,21,23-24H2,1-5H3,(H,39,43)/t31-/m0/s1. The van der Waals surface area contributed by atoms with Crippen LogP contribution in [0.25, 0.3) is 0 Å². The molecule has 0 saturated carbocycles. The number of ether oxygens (including phenoxy) is 2. The summed E-state index contributed by atoms with van der Waals surface area (Å²) in [4.78, 5) is 29.7. The van der Waals surface area contributed by atoms with E-state index in [0.29, 0.717) is 16.3 Å². The molecule has 0 spiro atoms. The van der Waals surface area contributed by atoms with Crippen LogP contribution in [-0.2, 0) is 32.6 Å². The number of halogens is 2. The van der Waals surface area contributed by atoms with Gasteiger partial charge in [0.2, 0.25) is 11.8 Å². The van der Waals surface area contributed by atoms with Crippen LogP contribution in [0, 0.1) is 5.82 Å². The van der Waals surface area contributed by atoms with Crippen molar-refractivity contribution in [3.63, 3.8) is 0 Å². The van der Waals surface area contributed by atoms with E-state index in [1.165, 1.54) is 49.5 Å². The van der Waals surface area contributed by atoms with Gasteiger partial charge in [0.15, 0.2) is 11.5 Å². The molecule has 0 bridgehead atoms. The van der Waals surface area contributed by atoms with Gasteiger partial charge in [-0.15, -0.1) is 0 Å². The molecule has 9 nitrogen and oxygen atoms in total. The summed E-state index contributed by atoms with van der Waals surface area (Å²) in [5, 5.41) is 3.35. The molecule has 2 amide bonds. The van der Waals surface area contributed by atoms with Crippen molar-refractivity contribution in [2.45, 2.75) is 50.2 Å². The fraction of sp³-hybridized carbons (Fsp3) is 0.278. The van der Waals surface area contributed by atoms with Crippen LogP contribution >= 0.6 is 11.6 Å². The Hall–Kier alpha value is -4.61. The minimum atomic E-state index is -4.47. The molecule has 0 fully saturated rings. The molecule has 0 unspecified atom stereocenters. The highest BCUT2D eigenvalue weighted by molar-refractivity contribution is 7.92. The number of sulfonamides is 1. The number of carbonyl (C=O) groups is 2. The smallest absolute Gasteiger partial charge is 0.264 e. The Kier molecular flexibility index (Phi) is 11.7. The lowest BCUT2D eigenvalue weighted by Crippen LogP contribution is -2.56. The molecular weight excluding hydrogens is 657 g/mol. The summed E-state index contributed by atoms with van der Waals surface area (Å²) in [7, 11) is -1.67. The molecule has 0 aliphatic rings. The molecule has 0 aliphatic carbocycles. The zero-order valence-corrected chi connectivity index (χ0v) is 29.0. The van der Waals surface area contributed by atoms with Crippen molar-refractivity contribution in [3.8, 4) is 11.5 Å². The van der Waals surface area contributed by atoms with E-state index in [1.807, 2.05) is 51.1 Å². The fourth-order valence-electron chi connectivity index (χ4n) is 5.06. The van der Waals surface area contributed by atoms with Crippen molar-refractivity contribution in [2.75, 3.05) is 25.1 Å². The van der Waals surface area contributed by atoms with E-state index < -0.39 is 45.8 Å². The zero-order valence-electron chi connectivity index (χ0n) is 27.4. The maximum absolute atomic E-state index is 14.6. The molecule has 0 aromatic heterocycles. The molecule has 1 atom stereocenters. The quantitative estimate of drug-likeness (QED) is 0.177. The summed E-state index contributed by atoms with van der Waals surface area (Å²) in [6, 6.07) is 23.9. The van der Waals surface area contributed by atoms with Crippen LogP contribution in [0.5, 0.6) is 11.5 Å². The van der Waals surface area contributed by atoms with E-state index in [4.69, 9.17) is 21.1 Å². The van der Waals surface area contributed by atoms with E-state index in [9.17, 15) is 22.4 Å². The van der Waals surface area contributed by atoms with Gasteiger partial charge in [-0.2, -0.15) is 0 Å². The SMILES string of the molecule is COc1ccc(S(=O)(=O)N(CC(=O)N(Cc2ccccc2Cl)[C@@H](Cc2ccccc2)C(=O)NC(C)(C)C)c2ccc(F)cc2)cc1OC. The summed E-state index contributed by atoms with van der Waals surface area (Å²) in [6.45, 7) is 4.67. The average molecular weight is 696 g/mol. The fourth-order valence-corrected chi connectivity index (χ4v) is 6.68. The lowest BCUT2D eigenvalue weighted by Gasteiger charge is -2.35. The molecule has 48 heavy (non-hydrogen) atoms. The van der Waals surface area contributed by atoms with Gasteiger partial charge < -0.3 is 19.7 Å². The van der Waals surface area contributed by atoms with E-state index in [2.05, 4.69) is 5.32 Å². The third kappa shape index (κ3) is 9.05. The van der Waals surface area contributed by atoms with E-state index in [-0.39, 0.29) is 29.3 Å². The van der Waals surface area contributed by atoms with Gasteiger partial charge >= 0.3 is 0 Å². The lowest BCUT2D eigenvalue weighted by molar-refractivity contribution is -0.140. The molecule has 0 aliphatic heterocycles. The molecule has 0 radical (unpaired) electrons. The van der Waals surface area contributed by atoms with Crippen LogP contribution in [0.4, 0.5) is 10.1 Å². The number of benzene rings is 4. The first-order valence-electron chi connectivity index (χ1n) is 15.1. The summed E-state index contributed by atoms with van der Waals surface area (Å²) in [5.74, 6) is -1.24. The second-order valence-electron chi connectivity index (χ2n) is 12.1. The number of carbonyl (C=O) groups excluding carboxylic acids is 2. The third-order valence-electron chi connectivity index (χ3n) is 7.40. The number of anilines is 1. The number of nitrogens with zero attached hydrogens (tertiary/aromatic N) is 2. The van der Waals surface area contributed by atoms with Crippen molar-refractivity contribution >= 4 is 39.1 Å². The molecular formula is C36H39ClFN3O6S. The highest BCUT2D eigenvalue weighted by Gasteiger charge is 2.36. The molecule has 4 aromatic rings.